The molecular weight excluding hydrogens is 518 g/mol. The molecule has 10 heteroatoms. The minimum Gasteiger partial charge on any atom is -0.491 e. The summed E-state index contributed by atoms with van der Waals surface area (Å²) in [6.45, 7) is 12.1. The van der Waals surface area contributed by atoms with E-state index in [0.29, 0.717) is 41.1 Å². The molecule has 0 bridgehead atoms. The summed E-state index contributed by atoms with van der Waals surface area (Å²) in [6.07, 6.45) is 2.71. The number of nitrogens with one attached hydrogen (secondary N) is 1. The van der Waals surface area contributed by atoms with Gasteiger partial charge in [-0.2, -0.15) is 0 Å². The number of halogens is 1. The van der Waals surface area contributed by atoms with E-state index in [4.69, 9.17) is 35.6 Å². The van der Waals surface area contributed by atoms with Gasteiger partial charge in [0.1, 0.15) is 30.0 Å². The van der Waals surface area contributed by atoms with Gasteiger partial charge in [0.15, 0.2) is 5.82 Å². The summed E-state index contributed by atoms with van der Waals surface area (Å²) in [4.78, 5) is 12.5. The molecule has 2 aromatic heterocycles. The van der Waals surface area contributed by atoms with Crippen molar-refractivity contribution < 1.29 is 19.1 Å². The number of rotatable bonds is 12. The molecule has 0 spiro atoms. The standard InChI is InChI=1S/C29H40ClN5O4/c1-7-35(24-10-9-11-25(24)37-8-2)29-17(3)27(26-18(4)34-39-19(26)5)32-28(33-29)22-14-21(12-13-23(22)30)38-16-20(36)15-31-6/h12-14,20,24-25,31,36H,7-11,15-16H2,1-6H3/t20-,24-,25-/m1/s1. The molecule has 4 rings (SSSR count). The quantitative estimate of drug-likeness (QED) is 0.314. The van der Waals surface area contributed by atoms with Gasteiger partial charge in [-0.25, -0.2) is 9.97 Å². The van der Waals surface area contributed by atoms with Crippen molar-refractivity contribution in [3.05, 3.63) is 40.2 Å². The molecule has 212 valence electrons. The summed E-state index contributed by atoms with van der Waals surface area (Å²) < 4.78 is 17.5. The highest BCUT2D eigenvalue weighted by molar-refractivity contribution is 6.33. The van der Waals surface area contributed by atoms with Crippen molar-refractivity contribution in [1.29, 1.82) is 0 Å². The van der Waals surface area contributed by atoms with E-state index >= 15 is 0 Å². The largest absolute Gasteiger partial charge is 0.491 e. The highest BCUT2D eigenvalue weighted by Gasteiger charge is 2.34. The molecule has 0 unspecified atom stereocenters. The van der Waals surface area contributed by atoms with Gasteiger partial charge < -0.3 is 29.3 Å². The number of nitrogens with zero attached hydrogens (tertiary/aromatic N) is 4. The fraction of sp³-hybridized carbons (Fsp3) is 0.552. The summed E-state index contributed by atoms with van der Waals surface area (Å²) in [6, 6.07) is 5.60. The van der Waals surface area contributed by atoms with Crippen LogP contribution < -0.4 is 15.0 Å². The molecule has 0 radical (unpaired) electrons. The first-order chi connectivity index (χ1) is 18.8. The maximum Gasteiger partial charge on any atom is 0.163 e. The normalized spacial score (nSPS) is 17.9. The molecule has 0 amide bonds. The third kappa shape index (κ3) is 6.38. The van der Waals surface area contributed by atoms with Gasteiger partial charge in [-0.1, -0.05) is 16.8 Å². The number of hydrogen-bond donors (Lipinski definition) is 2. The van der Waals surface area contributed by atoms with Crippen LogP contribution in [0.3, 0.4) is 0 Å². The summed E-state index contributed by atoms with van der Waals surface area (Å²) >= 11 is 6.72. The average Bonchev–Trinajstić information content (AvgIpc) is 3.51. The fourth-order valence-corrected chi connectivity index (χ4v) is 5.64. The number of aliphatic hydroxyl groups is 1. The van der Waals surface area contributed by atoms with E-state index in [1.807, 2.05) is 26.8 Å². The number of hydrogen-bond acceptors (Lipinski definition) is 9. The molecule has 39 heavy (non-hydrogen) atoms. The van der Waals surface area contributed by atoms with Crippen molar-refractivity contribution in [3.8, 4) is 28.4 Å². The van der Waals surface area contributed by atoms with Crippen molar-refractivity contribution >= 4 is 17.4 Å². The van der Waals surface area contributed by atoms with E-state index in [1.165, 1.54) is 0 Å². The molecule has 1 fully saturated rings. The van der Waals surface area contributed by atoms with Gasteiger partial charge in [0.25, 0.3) is 0 Å². The first-order valence-corrected chi connectivity index (χ1v) is 14.1. The third-order valence-corrected chi connectivity index (χ3v) is 7.59. The van der Waals surface area contributed by atoms with Gasteiger partial charge in [-0.15, -0.1) is 0 Å². The van der Waals surface area contributed by atoms with E-state index < -0.39 is 6.10 Å². The molecule has 1 aromatic carbocycles. The maximum atomic E-state index is 10.1. The van der Waals surface area contributed by atoms with Crippen LogP contribution in [0.2, 0.25) is 5.02 Å². The summed E-state index contributed by atoms with van der Waals surface area (Å²) in [5, 5.41) is 17.7. The van der Waals surface area contributed by atoms with Crippen molar-refractivity contribution in [1.82, 2.24) is 20.4 Å². The van der Waals surface area contributed by atoms with Crippen molar-refractivity contribution in [2.45, 2.75) is 72.1 Å². The van der Waals surface area contributed by atoms with Crippen LogP contribution in [0.15, 0.2) is 22.7 Å². The SMILES string of the molecule is CCO[C@@H]1CCC[C@H]1N(CC)c1nc(-c2cc(OC[C@H](O)CNC)ccc2Cl)nc(-c2c(C)noc2C)c1C. The van der Waals surface area contributed by atoms with Crippen LogP contribution >= 0.6 is 11.6 Å². The Labute approximate surface area is 235 Å². The van der Waals surface area contributed by atoms with Crippen LogP contribution in [0.1, 0.15) is 50.1 Å². The molecule has 3 aromatic rings. The second kappa shape index (κ2) is 13.1. The lowest BCUT2D eigenvalue weighted by Crippen LogP contribution is -2.42. The van der Waals surface area contributed by atoms with Gasteiger partial charge in [-0.05, 0) is 79.1 Å². The lowest BCUT2D eigenvalue weighted by Gasteiger charge is -2.34. The zero-order valence-electron chi connectivity index (χ0n) is 23.8. The van der Waals surface area contributed by atoms with Crippen LogP contribution in [0, 0.1) is 20.8 Å². The second-order valence-corrected chi connectivity index (χ2v) is 10.4. The molecule has 0 saturated heterocycles. The lowest BCUT2D eigenvalue weighted by atomic mass is 10.0. The second-order valence-electron chi connectivity index (χ2n) is 9.99. The molecule has 9 nitrogen and oxygen atoms in total. The number of aryl methyl sites for hydroxylation is 2. The summed E-state index contributed by atoms with van der Waals surface area (Å²) in [5.41, 5.74) is 4.00. The number of ether oxygens (including phenoxy) is 2. The maximum absolute atomic E-state index is 10.1. The van der Waals surface area contributed by atoms with Gasteiger partial charge in [-0.3, -0.25) is 0 Å². The fourth-order valence-electron chi connectivity index (χ4n) is 5.43. The molecule has 0 aliphatic heterocycles. The third-order valence-electron chi connectivity index (χ3n) is 7.26. The van der Waals surface area contributed by atoms with E-state index in [0.717, 1.165) is 54.1 Å². The van der Waals surface area contributed by atoms with Gasteiger partial charge in [0.05, 0.1) is 34.1 Å². The van der Waals surface area contributed by atoms with Gasteiger partial charge in [0, 0.05) is 30.8 Å². The number of aliphatic hydroxyl groups excluding tert-OH is 1. The van der Waals surface area contributed by atoms with Gasteiger partial charge >= 0.3 is 0 Å². The van der Waals surface area contributed by atoms with Crippen molar-refractivity contribution in [2.24, 2.45) is 0 Å². The Kier molecular flexibility index (Phi) is 9.82. The van der Waals surface area contributed by atoms with Crippen LogP contribution in [0.25, 0.3) is 22.6 Å². The minimum absolute atomic E-state index is 0.149. The zero-order chi connectivity index (χ0) is 28.1. The molecule has 2 heterocycles. The molecule has 3 atom stereocenters. The van der Waals surface area contributed by atoms with Gasteiger partial charge in [0.2, 0.25) is 0 Å². The molecule has 1 aliphatic rings. The Balaban J connectivity index is 1.84. The Morgan fingerprint density at radius 3 is 2.67 bits per heavy atom. The minimum atomic E-state index is -0.634. The Morgan fingerprint density at radius 2 is 2.00 bits per heavy atom. The predicted octanol–water partition coefficient (Wildman–Crippen LogP) is 5.12. The summed E-state index contributed by atoms with van der Waals surface area (Å²) in [5.74, 6) is 2.61. The highest BCUT2D eigenvalue weighted by Crippen LogP contribution is 2.39. The van der Waals surface area contributed by atoms with E-state index in [1.54, 1.807) is 19.2 Å². The van der Waals surface area contributed by atoms with E-state index in [-0.39, 0.29) is 18.8 Å². The van der Waals surface area contributed by atoms with E-state index in [9.17, 15) is 5.11 Å². The first-order valence-electron chi connectivity index (χ1n) is 13.7. The van der Waals surface area contributed by atoms with Crippen LogP contribution in [-0.2, 0) is 4.74 Å². The van der Waals surface area contributed by atoms with Crippen molar-refractivity contribution in [2.75, 3.05) is 38.3 Å². The Bertz CT molecular complexity index is 1250. The van der Waals surface area contributed by atoms with E-state index in [2.05, 4.69) is 29.2 Å². The van der Waals surface area contributed by atoms with Crippen molar-refractivity contribution in [3.63, 3.8) is 0 Å². The highest BCUT2D eigenvalue weighted by atomic mass is 35.5. The molecule has 1 aliphatic carbocycles. The van der Waals surface area contributed by atoms with Crippen LogP contribution in [-0.4, -0.2) is 71.8 Å². The Hall–Kier alpha value is -2.72. The molecule has 1 saturated carbocycles. The number of benzene rings is 1. The molecule has 2 N–H and O–H groups in total. The average molecular weight is 558 g/mol. The van der Waals surface area contributed by atoms with Crippen LogP contribution in [0.5, 0.6) is 5.75 Å². The monoisotopic (exact) mass is 557 g/mol. The number of aromatic nitrogens is 3. The number of likely N-dealkylation sites (N-methyl/N-ethyl adjacent to an activating group) is 2. The lowest BCUT2D eigenvalue weighted by molar-refractivity contribution is 0.0555. The predicted molar refractivity (Wildman–Crippen MR) is 154 cm³/mol. The molecular formula is C29H40ClN5O4. The summed E-state index contributed by atoms with van der Waals surface area (Å²) in [7, 11) is 1.79. The topological polar surface area (TPSA) is 106 Å². The first kappa shape index (κ1) is 29.3. The smallest absolute Gasteiger partial charge is 0.163 e. The Morgan fingerprint density at radius 1 is 1.21 bits per heavy atom. The van der Waals surface area contributed by atoms with Crippen LogP contribution in [0.4, 0.5) is 5.82 Å². The zero-order valence-corrected chi connectivity index (χ0v) is 24.5. The number of anilines is 1.